The van der Waals surface area contributed by atoms with Gasteiger partial charge in [-0.1, -0.05) is 31.5 Å². The molecule has 0 heterocycles. The minimum Gasteiger partial charge on any atom is -0.326 e. The zero-order chi connectivity index (χ0) is 17.7. The maximum absolute atomic E-state index is 12.4. The second kappa shape index (κ2) is 7.77. The lowest BCUT2D eigenvalue weighted by molar-refractivity contribution is -0.116. The van der Waals surface area contributed by atoms with Crippen LogP contribution in [0.3, 0.4) is 0 Å². The third-order valence-corrected chi connectivity index (χ3v) is 3.66. The summed E-state index contributed by atoms with van der Waals surface area (Å²) in [5.41, 5.74) is 4.09. The summed E-state index contributed by atoms with van der Waals surface area (Å²) in [7, 11) is 0. The summed E-state index contributed by atoms with van der Waals surface area (Å²) in [6, 6.07) is 13.0. The fourth-order valence-electron chi connectivity index (χ4n) is 2.40. The Bertz CT molecular complexity index is 734. The molecule has 0 aliphatic carbocycles. The average molecular weight is 324 g/mol. The molecular weight excluding hydrogens is 300 g/mol. The summed E-state index contributed by atoms with van der Waals surface area (Å²) in [6.07, 6.45) is 0.491. The van der Waals surface area contributed by atoms with E-state index in [2.05, 4.69) is 10.6 Å². The number of hydrogen-bond donors (Lipinski definition) is 2. The molecule has 0 spiro atoms. The van der Waals surface area contributed by atoms with Crippen molar-refractivity contribution in [3.05, 3.63) is 59.2 Å². The summed E-state index contributed by atoms with van der Waals surface area (Å²) in [5, 5.41) is 5.74. The molecule has 0 atom stereocenters. The molecule has 2 aromatic rings. The second-order valence-electron chi connectivity index (χ2n) is 6.50. The Hall–Kier alpha value is -2.62. The van der Waals surface area contributed by atoms with Crippen LogP contribution in [0.15, 0.2) is 42.5 Å². The normalized spacial score (nSPS) is 10.5. The maximum atomic E-state index is 12.4. The molecular formula is C20H24N2O2. The first kappa shape index (κ1) is 17.7. The van der Waals surface area contributed by atoms with Crippen LogP contribution in [0.25, 0.3) is 0 Å². The van der Waals surface area contributed by atoms with Crippen LogP contribution >= 0.6 is 0 Å². The van der Waals surface area contributed by atoms with Crippen LogP contribution in [0.1, 0.15) is 41.8 Å². The lowest BCUT2D eigenvalue weighted by Gasteiger charge is -2.10. The van der Waals surface area contributed by atoms with E-state index in [-0.39, 0.29) is 11.8 Å². The molecule has 2 aromatic carbocycles. The number of amides is 2. The molecule has 0 bridgehead atoms. The zero-order valence-corrected chi connectivity index (χ0v) is 14.6. The molecule has 126 valence electrons. The van der Waals surface area contributed by atoms with E-state index in [0.717, 1.165) is 16.8 Å². The molecule has 2 amide bonds. The highest BCUT2D eigenvalue weighted by Crippen LogP contribution is 2.17. The first-order valence-corrected chi connectivity index (χ1v) is 8.13. The standard InChI is InChI=1S/C20H24N2O2/c1-13(2)11-19(23)21-16-7-9-17(10-8-16)22-20(24)18-12-14(3)5-6-15(18)4/h5-10,12-13H,11H2,1-4H3,(H,21,23)(H,22,24). The number of anilines is 2. The summed E-state index contributed by atoms with van der Waals surface area (Å²) in [6.45, 7) is 7.89. The Morgan fingerprint density at radius 1 is 0.917 bits per heavy atom. The lowest BCUT2D eigenvalue weighted by Crippen LogP contribution is -2.15. The van der Waals surface area contributed by atoms with Crippen LogP contribution in [-0.2, 0) is 4.79 Å². The predicted octanol–water partition coefficient (Wildman–Crippen LogP) is 4.54. The van der Waals surface area contributed by atoms with Crippen LogP contribution < -0.4 is 10.6 Å². The van der Waals surface area contributed by atoms with Gasteiger partial charge in [-0.25, -0.2) is 0 Å². The molecule has 0 saturated carbocycles. The summed E-state index contributed by atoms with van der Waals surface area (Å²) in [5.74, 6) is 0.186. The number of nitrogens with one attached hydrogen (secondary N) is 2. The average Bonchev–Trinajstić information content (AvgIpc) is 2.50. The van der Waals surface area contributed by atoms with E-state index in [1.54, 1.807) is 24.3 Å². The van der Waals surface area contributed by atoms with Crippen molar-refractivity contribution in [1.82, 2.24) is 0 Å². The van der Waals surface area contributed by atoms with Crippen molar-refractivity contribution in [1.29, 1.82) is 0 Å². The SMILES string of the molecule is Cc1ccc(C)c(C(=O)Nc2ccc(NC(=O)CC(C)C)cc2)c1. The number of benzene rings is 2. The van der Waals surface area contributed by atoms with Crippen molar-refractivity contribution >= 4 is 23.2 Å². The topological polar surface area (TPSA) is 58.2 Å². The summed E-state index contributed by atoms with van der Waals surface area (Å²) in [4.78, 5) is 24.1. The molecule has 2 rings (SSSR count). The number of rotatable bonds is 5. The van der Waals surface area contributed by atoms with Crippen molar-refractivity contribution in [3.8, 4) is 0 Å². The van der Waals surface area contributed by atoms with Crippen LogP contribution in [-0.4, -0.2) is 11.8 Å². The number of aryl methyl sites for hydroxylation is 2. The Morgan fingerprint density at radius 2 is 1.50 bits per heavy atom. The van der Waals surface area contributed by atoms with Gasteiger partial charge in [-0.15, -0.1) is 0 Å². The van der Waals surface area contributed by atoms with Gasteiger partial charge in [0, 0.05) is 23.4 Å². The van der Waals surface area contributed by atoms with E-state index in [0.29, 0.717) is 23.6 Å². The van der Waals surface area contributed by atoms with Gasteiger partial charge < -0.3 is 10.6 Å². The summed E-state index contributed by atoms with van der Waals surface area (Å²) >= 11 is 0. The second-order valence-corrected chi connectivity index (χ2v) is 6.50. The van der Waals surface area contributed by atoms with E-state index >= 15 is 0 Å². The highest BCUT2D eigenvalue weighted by molar-refractivity contribution is 6.05. The van der Waals surface area contributed by atoms with Crippen molar-refractivity contribution in [2.75, 3.05) is 10.6 Å². The van der Waals surface area contributed by atoms with E-state index in [4.69, 9.17) is 0 Å². The van der Waals surface area contributed by atoms with Gasteiger partial charge in [-0.05, 0) is 55.7 Å². The predicted molar refractivity (Wildman–Crippen MR) is 98.4 cm³/mol. The van der Waals surface area contributed by atoms with Crippen molar-refractivity contribution in [2.24, 2.45) is 5.92 Å². The van der Waals surface area contributed by atoms with Crippen LogP contribution in [0, 0.1) is 19.8 Å². The smallest absolute Gasteiger partial charge is 0.255 e. The first-order chi connectivity index (χ1) is 11.3. The van der Waals surface area contributed by atoms with Gasteiger partial charge in [0.2, 0.25) is 5.91 Å². The number of carbonyl (C=O) groups is 2. The largest absolute Gasteiger partial charge is 0.326 e. The van der Waals surface area contributed by atoms with Gasteiger partial charge in [-0.2, -0.15) is 0 Å². The van der Waals surface area contributed by atoms with E-state index in [1.165, 1.54) is 0 Å². The fourth-order valence-corrected chi connectivity index (χ4v) is 2.40. The van der Waals surface area contributed by atoms with Gasteiger partial charge in [0.05, 0.1) is 0 Å². The van der Waals surface area contributed by atoms with Gasteiger partial charge in [0.15, 0.2) is 0 Å². The molecule has 0 aromatic heterocycles. The maximum Gasteiger partial charge on any atom is 0.255 e. The molecule has 0 radical (unpaired) electrons. The van der Waals surface area contributed by atoms with Crippen LogP contribution in [0.5, 0.6) is 0 Å². The molecule has 4 nitrogen and oxygen atoms in total. The summed E-state index contributed by atoms with van der Waals surface area (Å²) < 4.78 is 0. The van der Waals surface area contributed by atoms with E-state index in [9.17, 15) is 9.59 Å². The molecule has 2 N–H and O–H groups in total. The lowest BCUT2D eigenvalue weighted by atomic mass is 10.0. The highest BCUT2D eigenvalue weighted by Gasteiger charge is 2.10. The zero-order valence-electron chi connectivity index (χ0n) is 14.6. The molecule has 24 heavy (non-hydrogen) atoms. The van der Waals surface area contributed by atoms with Gasteiger partial charge in [-0.3, -0.25) is 9.59 Å². The van der Waals surface area contributed by atoms with E-state index in [1.807, 2.05) is 45.9 Å². The third-order valence-electron chi connectivity index (χ3n) is 3.66. The third kappa shape index (κ3) is 4.95. The highest BCUT2D eigenvalue weighted by atomic mass is 16.2. The molecule has 0 aliphatic rings. The Labute approximate surface area is 143 Å². The monoisotopic (exact) mass is 324 g/mol. The molecule has 0 unspecified atom stereocenters. The van der Waals surface area contributed by atoms with Crippen molar-refractivity contribution in [3.63, 3.8) is 0 Å². The first-order valence-electron chi connectivity index (χ1n) is 8.13. The molecule has 0 aliphatic heterocycles. The van der Waals surface area contributed by atoms with Gasteiger partial charge in [0.1, 0.15) is 0 Å². The van der Waals surface area contributed by atoms with Crippen molar-refractivity contribution in [2.45, 2.75) is 34.1 Å². The quantitative estimate of drug-likeness (QED) is 0.848. The van der Waals surface area contributed by atoms with Crippen LogP contribution in [0.4, 0.5) is 11.4 Å². The number of hydrogen-bond acceptors (Lipinski definition) is 2. The van der Waals surface area contributed by atoms with E-state index < -0.39 is 0 Å². The minimum absolute atomic E-state index is 0.00262. The van der Waals surface area contributed by atoms with Gasteiger partial charge in [0.25, 0.3) is 5.91 Å². The number of carbonyl (C=O) groups excluding carboxylic acids is 2. The Kier molecular flexibility index (Phi) is 5.74. The molecule has 0 saturated heterocycles. The Morgan fingerprint density at radius 3 is 2.08 bits per heavy atom. The fraction of sp³-hybridized carbons (Fsp3) is 0.300. The van der Waals surface area contributed by atoms with Crippen LogP contribution in [0.2, 0.25) is 0 Å². The minimum atomic E-state index is -0.132. The Balaban J connectivity index is 2.02. The molecule has 4 heteroatoms. The van der Waals surface area contributed by atoms with Gasteiger partial charge >= 0.3 is 0 Å². The van der Waals surface area contributed by atoms with Crippen molar-refractivity contribution < 1.29 is 9.59 Å². The molecule has 0 fully saturated rings.